The van der Waals surface area contributed by atoms with Crippen molar-refractivity contribution in [2.45, 2.75) is 37.6 Å². The summed E-state index contributed by atoms with van der Waals surface area (Å²) in [6.07, 6.45) is 1.16. The molecule has 0 amide bonds. The molecule has 1 aliphatic rings. The minimum Gasteiger partial charge on any atom is -0.481 e. The van der Waals surface area contributed by atoms with Crippen molar-refractivity contribution in [1.82, 2.24) is 9.29 Å². The van der Waals surface area contributed by atoms with Crippen molar-refractivity contribution in [2.75, 3.05) is 20.2 Å². The van der Waals surface area contributed by atoms with Crippen LogP contribution in [0.25, 0.3) is 0 Å². The van der Waals surface area contributed by atoms with Crippen LogP contribution in [0.15, 0.2) is 47.5 Å². The van der Waals surface area contributed by atoms with E-state index in [9.17, 15) is 13.2 Å². The van der Waals surface area contributed by atoms with E-state index in [4.69, 9.17) is 14.2 Å². The van der Waals surface area contributed by atoms with E-state index in [0.29, 0.717) is 11.4 Å². The molecule has 8 nitrogen and oxygen atoms in total. The molecule has 0 N–H and O–H groups in total. The van der Waals surface area contributed by atoms with Crippen molar-refractivity contribution in [1.29, 1.82) is 0 Å². The fourth-order valence-electron chi connectivity index (χ4n) is 3.11. The first-order chi connectivity index (χ1) is 13.8. The van der Waals surface area contributed by atoms with Crippen LogP contribution in [0.1, 0.15) is 29.8 Å². The average Bonchev–Trinajstić information content (AvgIpc) is 2.71. The van der Waals surface area contributed by atoms with Gasteiger partial charge < -0.3 is 14.2 Å². The Bertz CT molecular complexity index is 951. The van der Waals surface area contributed by atoms with Crippen molar-refractivity contribution in [3.8, 4) is 5.88 Å². The lowest BCUT2D eigenvalue weighted by Gasteiger charge is -2.34. The van der Waals surface area contributed by atoms with E-state index in [-0.39, 0.29) is 42.4 Å². The van der Waals surface area contributed by atoms with Gasteiger partial charge in [-0.15, -0.1) is 0 Å². The predicted octanol–water partition coefficient (Wildman–Crippen LogP) is 2.25. The zero-order chi connectivity index (χ0) is 21.0. The Labute approximate surface area is 170 Å². The smallest absolute Gasteiger partial charge is 0.338 e. The summed E-state index contributed by atoms with van der Waals surface area (Å²) in [7, 11) is -2.22. The predicted molar refractivity (Wildman–Crippen MR) is 105 cm³/mol. The summed E-state index contributed by atoms with van der Waals surface area (Å²) in [5, 5.41) is 0. The lowest BCUT2D eigenvalue weighted by Crippen LogP contribution is -2.48. The highest BCUT2D eigenvalue weighted by molar-refractivity contribution is 7.89. The van der Waals surface area contributed by atoms with Gasteiger partial charge in [-0.25, -0.2) is 18.2 Å². The van der Waals surface area contributed by atoms with Gasteiger partial charge in [0, 0.05) is 30.9 Å². The van der Waals surface area contributed by atoms with Crippen LogP contribution < -0.4 is 4.74 Å². The molecule has 1 saturated heterocycles. The molecule has 9 heteroatoms. The van der Waals surface area contributed by atoms with Crippen LogP contribution in [-0.4, -0.2) is 56.1 Å². The number of nitrogens with zero attached hydrogens (tertiary/aromatic N) is 2. The fraction of sp³-hybridized carbons (Fsp3) is 0.400. The SMILES string of the molecule is COc1ccc(COC(=O)c2cccc(S(=O)(=O)N3CC(C)OC(C)C3)c2)cn1. The van der Waals surface area contributed by atoms with Gasteiger partial charge in [-0.2, -0.15) is 4.31 Å². The maximum Gasteiger partial charge on any atom is 0.338 e. The highest BCUT2D eigenvalue weighted by Crippen LogP contribution is 2.22. The molecule has 1 aliphatic heterocycles. The summed E-state index contributed by atoms with van der Waals surface area (Å²) in [4.78, 5) is 16.5. The second kappa shape index (κ2) is 8.89. The van der Waals surface area contributed by atoms with Gasteiger partial charge in [-0.3, -0.25) is 0 Å². The van der Waals surface area contributed by atoms with Gasteiger partial charge in [-0.05, 0) is 38.1 Å². The molecule has 0 radical (unpaired) electrons. The summed E-state index contributed by atoms with van der Waals surface area (Å²) in [5.41, 5.74) is 0.862. The van der Waals surface area contributed by atoms with Crippen molar-refractivity contribution < 1.29 is 27.4 Å². The van der Waals surface area contributed by atoms with E-state index in [0.717, 1.165) is 0 Å². The number of benzene rings is 1. The van der Waals surface area contributed by atoms with Crippen molar-refractivity contribution in [2.24, 2.45) is 0 Å². The molecule has 0 aliphatic carbocycles. The fourth-order valence-corrected chi connectivity index (χ4v) is 4.75. The number of morpholine rings is 1. The maximum absolute atomic E-state index is 13.0. The number of sulfonamides is 1. The Morgan fingerprint density at radius 1 is 1.21 bits per heavy atom. The summed E-state index contributed by atoms with van der Waals surface area (Å²) >= 11 is 0. The first kappa shape index (κ1) is 21.2. The Hall–Kier alpha value is -2.49. The molecule has 2 heterocycles. The van der Waals surface area contributed by atoms with E-state index >= 15 is 0 Å². The molecule has 0 spiro atoms. The Kier molecular flexibility index (Phi) is 6.51. The molecule has 2 unspecified atom stereocenters. The van der Waals surface area contributed by atoms with Crippen LogP contribution >= 0.6 is 0 Å². The van der Waals surface area contributed by atoms with Crippen LogP contribution in [0.5, 0.6) is 5.88 Å². The van der Waals surface area contributed by atoms with Gasteiger partial charge in [0.05, 0.1) is 29.8 Å². The second-order valence-corrected chi connectivity index (χ2v) is 8.83. The molecule has 1 fully saturated rings. The highest BCUT2D eigenvalue weighted by atomic mass is 32.2. The van der Waals surface area contributed by atoms with Crippen molar-refractivity contribution in [3.63, 3.8) is 0 Å². The maximum atomic E-state index is 13.0. The highest BCUT2D eigenvalue weighted by Gasteiger charge is 2.32. The van der Waals surface area contributed by atoms with Crippen LogP contribution in [0.2, 0.25) is 0 Å². The summed E-state index contributed by atoms with van der Waals surface area (Å²) in [6, 6.07) is 9.28. The number of carbonyl (C=O) groups is 1. The first-order valence-electron chi connectivity index (χ1n) is 9.21. The normalized spacial score (nSPS) is 20.2. The lowest BCUT2D eigenvalue weighted by atomic mass is 10.2. The molecule has 29 heavy (non-hydrogen) atoms. The number of rotatable bonds is 6. The number of methoxy groups -OCH3 is 1. The summed E-state index contributed by atoms with van der Waals surface area (Å²) in [5.74, 6) is -0.147. The van der Waals surface area contributed by atoms with E-state index < -0.39 is 16.0 Å². The summed E-state index contributed by atoms with van der Waals surface area (Å²) < 4.78 is 43.2. The number of esters is 1. The van der Waals surface area contributed by atoms with Crippen LogP contribution in [-0.2, 0) is 26.1 Å². The summed E-state index contributed by atoms with van der Waals surface area (Å²) in [6.45, 7) is 4.23. The van der Waals surface area contributed by atoms with Crippen LogP contribution in [0, 0.1) is 0 Å². The average molecular weight is 420 g/mol. The zero-order valence-electron chi connectivity index (χ0n) is 16.6. The number of aromatic nitrogens is 1. The van der Waals surface area contributed by atoms with Crippen molar-refractivity contribution in [3.05, 3.63) is 53.7 Å². The minimum atomic E-state index is -3.74. The molecule has 3 rings (SSSR count). The number of hydrogen-bond acceptors (Lipinski definition) is 7. The molecular formula is C20H24N2O6S. The Morgan fingerprint density at radius 3 is 2.55 bits per heavy atom. The molecule has 2 aromatic rings. The van der Waals surface area contributed by atoms with Crippen LogP contribution in [0.4, 0.5) is 0 Å². The van der Waals surface area contributed by atoms with E-state index in [1.54, 1.807) is 18.3 Å². The molecule has 156 valence electrons. The zero-order valence-corrected chi connectivity index (χ0v) is 17.4. The third kappa shape index (κ3) is 5.11. The third-order valence-corrected chi connectivity index (χ3v) is 6.30. The number of hydrogen-bond donors (Lipinski definition) is 0. The minimum absolute atomic E-state index is 0.0191. The van der Waals surface area contributed by atoms with Crippen molar-refractivity contribution >= 4 is 16.0 Å². The quantitative estimate of drug-likeness (QED) is 0.662. The van der Waals surface area contributed by atoms with Gasteiger partial charge in [0.2, 0.25) is 15.9 Å². The van der Waals surface area contributed by atoms with Gasteiger partial charge in [0.25, 0.3) is 0 Å². The first-order valence-corrected chi connectivity index (χ1v) is 10.7. The van der Waals surface area contributed by atoms with Crippen LogP contribution in [0.3, 0.4) is 0 Å². The Morgan fingerprint density at radius 2 is 1.93 bits per heavy atom. The Balaban J connectivity index is 1.71. The molecule has 0 saturated carbocycles. The van der Waals surface area contributed by atoms with E-state index in [1.165, 1.54) is 35.7 Å². The third-order valence-electron chi connectivity index (χ3n) is 4.47. The number of ether oxygens (including phenoxy) is 3. The standard InChI is InChI=1S/C20H24N2O6S/c1-14-11-22(12-15(2)28-14)29(24,25)18-6-4-5-17(9-18)20(23)27-13-16-7-8-19(26-3)21-10-16/h4-10,14-15H,11-13H2,1-3H3. The van der Waals surface area contributed by atoms with Gasteiger partial charge in [-0.1, -0.05) is 6.07 Å². The van der Waals surface area contributed by atoms with E-state index in [2.05, 4.69) is 4.98 Å². The topological polar surface area (TPSA) is 95.0 Å². The number of pyridine rings is 1. The molecular weight excluding hydrogens is 396 g/mol. The monoisotopic (exact) mass is 420 g/mol. The number of carbonyl (C=O) groups excluding carboxylic acids is 1. The molecule has 2 atom stereocenters. The molecule has 1 aromatic heterocycles. The second-order valence-electron chi connectivity index (χ2n) is 6.89. The largest absolute Gasteiger partial charge is 0.481 e. The van der Waals surface area contributed by atoms with E-state index in [1.807, 2.05) is 13.8 Å². The molecule has 1 aromatic carbocycles. The van der Waals surface area contributed by atoms with Gasteiger partial charge >= 0.3 is 5.97 Å². The molecule has 0 bridgehead atoms. The van der Waals surface area contributed by atoms with Gasteiger partial charge in [0.15, 0.2) is 0 Å². The van der Waals surface area contributed by atoms with Gasteiger partial charge in [0.1, 0.15) is 6.61 Å². The lowest BCUT2D eigenvalue weighted by molar-refractivity contribution is -0.0440.